The zero-order valence-electron chi connectivity index (χ0n) is 21.6. The summed E-state index contributed by atoms with van der Waals surface area (Å²) in [4.78, 5) is 11.7. The van der Waals surface area contributed by atoms with E-state index in [1.807, 2.05) is 39.0 Å². The van der Waals surface area contributed by atoms with Gasteiger partial charge in [-0.3, -0.25) is 0 Å². The molecule has 198 valence electrons. The fourth-order valence-electron chi connectivity index (χ4n) is 5.69. The van der Waals surface area contributed by atoms with Crippen LogP contribution in [0.3, 0.4) is 0 Å². The topological polar surface area (TPSA) is 71.3 Å². The SMILES string of the molecule is CC(C)(C)S(=O)N[C@@H]1c2ccccc2CC12CCN(c1cc3nc(-c4cccc(Cl)c4Cl)oc3cn1)CC2. The van der Waals surface area contributed by atoms with Crippen molar-refractivity contribution in [3.05, 3.63) is 75.9 Å². The van der Waals surface area contributed by atoms with E-state index in [0.29, 0.717) is 27.1 Å². The van der Waals surface area contributed by atoms with Gasteiger partial charge < -0.3 is 9.32 Å². The van der Waals surface area contributed by atoms with Gasteiger partial charge in [0.15, 0.2) is 5.58 Å². The van der Waals surface area contributed by atoms with E-state index in [4.69, 9.17) is 32.6 Å². The zero-order chi connectivity index (χ0) is 26.7. The van der Waals surface area contributed by atoms with Crippen LogP contribution in [-0.2, 0) is 17.4 Å². The van der Waals surface area contributed by atoms with Crippen molar-refractivity contribution in [2.75, 3.05) is 18.0 Å². The Labute approximate surface area is 235 Å². The van der Waals surface area contributed by atoms with Crippen LogP contribution in [0.4, 0.5) is 5.82 Å². The molecular weight excluding hydrogens is 539 g/mol. The summed E-state index contributed by atoms with van der Waals surface area (Å²) in [5.74, 6) is 1.30. The molecule has 0 saturated carbocycles. The fourth-order valence-corrected chi connectivity index (χ4v) is 7.01. The Hall–Kier alpha value is -2.45. The van der Waals surface area contributed by atoms with Crippen LogP contribution in [0.25, 0.3) is 22.6 Å². The lowest BCUT2D eigenvalue weighted by molar-refractivity contribution is 0.177. The number of hydrogen-bond donors (Lipinski definition) is 1. The summed E-state index contributed by atoms with van der Waals surface area (Å²) in [6.45, 7) is 7.77. The van der Waals surface area contributed by atoms with E-state index in [1.165, 1.54) is 11.1 Å². The third-order valence-corrected chi connectivity index (χ3v) is 10.2. The lowest BCUT2D eigenvalue weighted by atomic mass is 9.73. The van der Waals surface area contributed by atoms with Gasteiger partial charge in [0.2, 0.25) is 5.89 Å². The van der Waals surface area contributed by atoms with Crippen molar-refractivity contribution in [2.45, 2.75) is 50.8 Å². The molecule has 4 aromatic rings. The average molecular weight is 570 g/mol. The molecule has 0 bridgehead atoms. The van der Waals surface area contributed by atoms with Gasteiger partial charge in [-0.2, -0.15) is 0 Å². The summed E-state index contributed by atoms with van der Waals surface area (Å²) in [7, 11) is -1.15. The number of rotatable bonds is 4. The first-order valence-corrected chi connectivity index (χ1v) is 14.8. The molecule has 1 aliphatic heterocycles. The number of halogens is 2. The second-order valence-electron chi connectivity index (χ2n) is 11.3. The molecule has 6 rings (SSSR count). The molecule has 1 saturated heterocycles. The number of benzene rings is 2. The number of pyridine rings is 1. The minimum Gasteiger partial charge on any atom is -0.434 e. The van der Waals surface area contributed by atoms with Crippen molar-refractivity contribution >= 4 is 51.1 Å². The highest BCUT2D eigenvalue weighted by Gasteiger charge is 2.48. The predicted octanol–water partition coefficient (Wildman–Crippen LogP) is 7.13. The van der Waals surface area contributed by atoms with Crippen LogP contribution in [0.5, 0.6) is 0 Å². The Morgan fingerprint density at radius 3 is 2.63 bits per heavy atom. The van der Waals surface area contributed by atoms with Crippen molar-refractivity contribution in [1.29, 1.82) is 0 Å². The van der Waals surface area contributed by atoms with E-state index in [-0.39, 0.29) is 16.2 Å². The maximum absolute atomic E-state index is 13.2. The molecule has 1 aliphatic carbocycles. The minimum atomic E-state index is -1.15. The van der Waals surface area contributed by atoms with Gasteiger partial charge in [-0.05, 0) is 68.7 Å². The van der Waals surface area contributed by atoms with E-state index in [1.54, 1.807) is 12.3 Å². The Morgan fingerprint density at radius 2 is 1.87 bits per heavy atom. The third kappa shape index (κ3) is 4.53. The molecule has 1 unspecified atom stereocenters. The van der Waals surface area contributed by atoms with Crippen molar-refractivity contribution < 1.29 is 8.63 Å². The molecule has 9 heteroatoms. The summed E-state index contributed by atoms with van der Waals surface area (Å²) >= 11 is 12.6. The highest BCUT2D eigenvalue weighted by atomic mass is 35.5. The Morgan fingerprint density at radius 1 is 1.11 bits per heavy atom. The Balaban J connectivity index is 1.24. The van der Waals surface area contributed by atoms with Crippen LogP contribution in [0.15, 0.2) is 59.1 Å². The molecule has 2 aliphatic rings. The normalized spacial score (nSPS) is 19.7. The molecule has 3 heterocycles. The van der Waals surface area contributed by atoms with Crippen LogP contribution in [-0.4, -0.2) is 32.0 Å². The van der Waals surface area contributed by atoms with E-state index in [9.17, 15) is 4.21 Å². The Kier molecular flexibility index (Phi) is 6.54. The second-order valence-corrected chi connectivity index (χ2v) is 14.1. The number of nitrogens with zero attached hydrogens (tertiary/aromatic N) is 3. The van der Waals surface area contributed by atoms with Gasteiger partial charge in [0.05, 0.1) is 43.6 Å². The molecule has 1 fully saturated rings. The van der Waals surface area contributed by atoms with Crippen molar-refractivity contribution in [3.63, 3.8) is 0 Å². The Bertz CT molecular complexity index is 1540. The standard InChI is InChI=1S/C29H30Cl2N4O2S/c1-28(2,3)38(36)34-26-19-8-5-4-7-18(19)16-29(26)11-13-35(14-12-29)24-15-22-23(17-32-24)37-27(33-22)20-9-6-10-21(30)25(20)31/h4-10,15,17,26,34H,11-14,16H2,1-3H3/t26-,38?/m1/s1. The van der Waals surface area contributed by atoms with Crippen molar-refractivity contribution in [1.82, 2.24) is 14.7 Å². The van der Waals surface area contributed by atoms with Crippen LogP contribution < -0.4 is 9.62 Å². The first-order valence-electron chi connectivity index (χ1n) is 12.9. The van der Waals surface area contributed by atoms with Gasteiger partial charge in [-0.25, -0.2) is 18.9 Å². The van der Waals surface area contributed by atoms with Crippen molar-refractivity contribution in [2.24, 2.45) is 5.41 Å². The zero-order valence-corrected chi connectivity index (χ0v) is 24.0. The highest BCUT2D eigenvalue weighted by molar-refractivity contribution is 7.84. The molecule has 1 N–H and O–H groups in total. The monoisotopic (exact) mass is 568 g/mol. The highest BCUT2D eigenvalue weighted by Crippen LogP contribution is 2.52. The molecule has 1 spiro atoms. The molecule has 2 aromatic heterocycles. The number of anilines is 1. The maximum atomic E-state index is 13.2. The minimum absolute atomic E-state index is 0.0234. The van der Waals surface area contributed by atoms with Crippen LogP contribution >= 0.6 is 23.2 Å². The number of nitrogens with one attached hydrogen (secondary N) is 1. The van der Waals surface area contributed by atoms with Gasteiger partial charge >= 0.3 is 0 Å². The number of aromatic nitrogens is 2. The maximum Gasteiger partial charge on any atom is 0.228 e. The number of piperidine rings is 1. The molecule has 0 amide bonds. The quantitative estimate of drug-likeness (QED) is 0.283. The van der Waals surface area contributed by atoms with Gasteiger partial charge in [-0.1, -0.05) is 53.5 Å². The average Bonchev–Trinajstić information content (AvgIpc) is 3.44. The first kappa shape index (κ1) is 25.8. The van der Waals surface area contributed by atoms with Gasteiger partial charge in [0, 0.05) is 19.2 Å². The largest absolute Gasteiger partial charge is 0.434 e. The first-order chi connectivity index (χ1) is 18.1. The van der Waals surface area contributed by atoms with E-state index < -0.39 is 11.0 Å². The smallest absolute Gasteiger partial charge is 0.228 e. The summed E-state index contributed by atoms with van der Waals surface area (Å²) in [6.07, 6.45) is 4.67. The molecule has 6 nitrogen and oxygen atoms in total. The van der Waals surface area contributed by atoms with Crippen LogP contribution in [0.2, 0.25) is 10.0 Å². The lowest BCUT2D eigenvalue weighted by Gasteiger charge is -2.44. The number of hydrogen-bond acceptors (Lipinski definition) is 5. The summed E-state index contributed by atoms with van der Waals surface area (Å²) < 4.78 is 22.3. The van der Waals surface area contributed by atoms with Gasteiger partial charge in [0.25, 0.3) is 0 Å². The predicted molar refractivity (Wildman–Crippen MR) is 155 cm³/mol. The van der Waals surface area contributed by atoms with Crippen LogP contribution in [0.1, 0.15) is 50.8 Å². The molecule has 2 aromatic carbocycles. The van der Waals surface area contributed by atoms with E-state index in [0.717, 1.165) is 43.7 Å². The second kappa shape index (κ2) is 9.63. The molecule has 2 atom stereocenters. The van der Waals surface area contributed by atoms with Gasteiger partial charge in [-0.15, -0.1) is 0 Å². The lowest BCUT2D eigenvalue weighted by Crippen LogP contribution is -2.48. The third-order valence-electron chi connectivity index (χ3n) is 7.83. The number of fused-ring (bicyclic) bond motifs is 2. The molecule has 0 radical (unpaired) electrons. The summed E-state index contributed by atoms with van der Waals surface area (Å²) in [5, 5.41) is 0.879. The van der Waals surface area contributed by atoms with E-state index >= 15 is 0 Å². The molecular formula is C29H30Cl2N4O2S. The fraction of sp³-hybridized carbons (Fsp3) is 0.379. The summed E-state index contributed by atoms with van der Waals surface area (Å²) in [5.41, 5.74) is 4.66. The van der Waals surface area contributed by atoms with Gasteiger partial charge in [0.1, 0.15) is 11.3 Å². The van der Waals surface area contributed by atoms with Crippen molar-refractivity contribution in [3.8, 4) is 11.5 Å². The van der Waals surface area contributed by atoms with Crippen LogP contribution in [0, 0.1) is 5.41 Å². The number of oxazole rings is 1. The molecule has 38 heavy (non-hydrogen) atoms. The summed E-state index contributed by atoms with van der Waals surface area (Å²) in [6, 6.07) is 16.1. The van der Waals surface area contributed by atoms with E-state index in [2.05, 4.69) is 38.9 Å².